The molecule has 0 saturated carbocycles. The third kappa shape index (κ3) is 3.87. The predicted octanol–water partition coefficient (Wildman–Crippen LogP) is 3.75. The van der Waals surface area contributed by atoms with Crippen LogP contribution in [-0.2, 0) is 0 Å². The summed E-state index contributed by atoms with van der Waals surface area (Å²) in [6.45, 7) is 2.42. The number of allylic oxidation sites excluding steroid dienone is 2. The van der Waals surface area contributed by atoms with Crippen molar-refractivity contribution in [1.82, 2.24) is 9.80 Å². The molecule has 2 heterocycles. The van der Waals surface area contributed by atoms with Crippen LogP contribution in [0.25, 0.3) is 0 Å². The van der Waals surface area contributed by atoms with Crippen LogP contribution in [0.1, 0.15) is 29.6 Å². The van der Waals surface area contributed by atoms with Crippen molar-refractivity contribution in [3.63, 3.8) is 0 Å². The van der Waals surface area contributed by atoms with Crippen molar-refractivity contribution in [2.45, 2.75) is 25.3 Å². The van der Waals surface area contributed by atoms with Crippen molar-refractivity contribution in [3.05, 3.63) is 71.7 Å². The minimum atomic E-state index is -0.332. The van der Waals surface area contributed by atoms with Crippen molar-refractivity contribution in [1.29, 1.82) is 0 Å². The molecule has 0 spiro atoms. The monoisotopic (exact) mass is 379 g/mol. The SMILES string of the molecule is O=C(CCCN1CC=C(N2C(=O)N=C3C=CC=CC32)CC1)c1ccc(F)cc1. The number of benzene rings is 1. The minimum absolute atomic E-state index is 0.0396. The molecule has 1 unspecified atom stereocenters. The van der Waals surface area contributed by atoms with Crippen molar-refractivity contribution in [2.24, 2.45) is 4.99 Å². The van der Waals surface area contributed by atoms with E-state index in [1.165, 1.54) is 24.3 Å². The first-order valence-corrected chi connectivity index (χ1v) is 9.58. The zero-order valence-corrected chi connectivity index (χ0v) is 15.6. The fourth-order valence-corrected chi connectivity index (χ4v) is 3.79. The average molecular weight is 379 g/mol. The zero-order chi connectivity index (χ0) is 19.5. The van der Waals surface area contributed by atoms with Gasteiger partial charge in [-0.05, 0) is 43.3 Å². The highest BCUT2D eigenvalue weighted by atomic mass is 19.1. The summed E-state index contributed by atoms with van der Waals surface area (Å²) in [5, 5.41) is 0. The van der Waals surface area contributed by atoms with Crippen LogP contribution < -0.4 is 0 Å². The van der Waals surface area contributed by atoms with Gasteiger partial charge in [0.2, 0.25) is 0 Å². The molecule has 0 radical (unpaired) electrons. The lowest BCUT2D eigenvalue weighted by molar-refractivity contribution is 0.0974. The Balaban J connectivity index is 1.27. The van der Waals surface area contributed by atoms with Gasteiger partial charge in [-0.1, -0.05) is 24.3 Å². The van der Waals surface area contributed by atoms with E-state index in [9.17, 15) is 14.0 Å². The number of urea groups is 1. The standard InChI is InChI=1S/C22H22FN3O2/c23-17-9-7-16(8-10-17)21(27)6-3-13-25-14-11-18(12-15-25)26-20-5-2-1-4-19(20)24-22(26)28/h1-2,4-5,7-11,20H,3,6,12-15H2. The normalized spacial score (nSPS) is 21.5. The molecule has 1 atom stereocenters. The van der Waals surface area contributed by atoms with Crippen LogP contribution in [-0.4, -0.2) is 53.0 Å². The summed E-state index contributed by atoms with van der Waals surface area (Å²) in [6.07, 6.45) is 11.8. The lowest BCUT2D eigenvalue weighted by Crippen LogP contribution is -2.40. The average Bonchev–Trinajstić information content (AvgIpc) is 3.05. The third-order valence-corrected chi connectivity index (χ3v) is 5.31. The number of hydrogen-bond acceptors (Lipinski definition) is 3. The van der Waals surface area contributed by atoms with Crippen LogP contribution in [0.2, 0.25) is 0 Å². The summed E-state index contributed by atoms with van der Waals surface area (Å²) < 4.78 is 12.9. The van der Waals surface area contributed by atoms with Crippen LogP contribution in [0.15, 0.2) is 65.3 Å². The number of hydrogen-bond donors (Lipinski definition) is 0. The van der Waals surface area contributed by atoms with E-state index in [-0.39, 0.29) is 23.7 Å². The van der Waals surface area contributed by atoms with Crippen LogP contribution >= 0.6 is 0 Å². The van der Waals surface area contributed by atoms with Gasteiger partial charge in [-0.15, -0.1) is 0 Å². The molecule has 2 amide bonds. The molecule has 1 aliphatic carbocycles. The highest BCUT2D eigenvalue weighted by Gasteiger charge is 2.35. The van der Waals surface area contributed by atoms with E-state index in [0.29, 0.717) is 12.0 Å². The van der Waals surface area contributed by atoms with Gasteiger partial charge in [-0.25, -0.2) is 9.18 Å². The van der Waals surface area contributed by atoms with Crippen molar-refractivity contribution in [2.75, 3.05) is 19.6 Å². The number of aliphatic imine (C=N–C) groups is 1. The molecule has 3 aliphatic rings. The van der Waals surface area contributed by atoms with E-state index in [4.69, 9.17) is 0 Å². The van der Waals surface area contributed by atoms with Gasteiger partial charge in [0.15, 0.2) is 5.78 Å². The Morgan fingerprint density at radius 3 is 2.79 bits per heavy atom. The van der Waals surface area contributed by atoms with E-state index >= 15 is 0 Å². The van der Waals surface area contributed by atoms with Crippen LogP contribution in [0.3, 0.4) is 0 Å². The molecular formula is C22H22FN3O2. The molecule has 0 aromatic heterocycles. The first-order chi connectivity index (χ1) is 13.6. The third-order valence-electron chi connectivity index (χ3n) is 5.31. The molecule has 28 heavy (non-hydrogen) atoms. The van der Waals surface area contributed by atoms with Gasteiger partial charge >= 0.3 is 6.03 Å². The first kappa shape index (κ1) is 18.5. The zero-order valence-electron chi connectivity index (χ0n) is 15.6. The van der Waals surface area contributed by atoms with Gasteiger partial charge in [0.1, 0.15) is 5.82 Å². The summed E-state index contributed by atoms with van der Waals surface area (Å²) in [5.74, 6) is -0.293. The van der Waals surface area contributed by atoms with E-state index < -0.39 is 0 Å². The minimum Gasteiger partial charge on any atom is -0.299 e. The highest BCUT2D eigenvalue weighted by molar-refractivity contribution is 6.13. The van der Waals surface area contributed by atoms with Gasteiger partial charge in [-0.3, -0.25) is 14.6 Å². The fraction of sp³-hybridized carbons (Fsp3) is 0.318. The molecule has 2 aliphatic heterocycles. The number of Topliss-reactive ketones (excluding diaryl/α,β-unsaturated/α-hetero) is 1. The van der Waals surface area contributed by atoms with Crippen LogP contribution in [0.4, 0.5) is 9.18 Å². The topological polar surface area (TPSA) is 53.0 Å². The maximum absolute atomic E-state index is 12.9. The second kappa shape index (κ2) is 8.02. The molecule has 4 rings (SSSR count). The Bertz CT molecular complexity index is 899. The Kier molecular flexibility index (Phi) is 5.30. The number of amides is 2. The molecule has 0 fully saturated rings. The summed E-state index contributed by atoms with van der Waals surface area (Å²) in [5.41, 5.74) is 2.38. The lowest BCUT2D eigenvalue weighted by atomic mass is 10.0. The number of rotatable bonds is 6. The number of nitrogens with zero attached hydrogens (tertiary/aromatic N) is 3. The maximum Gasteiger partial charge on any atom is 0.348 e. The molecular weight excluding hydrogens is 357 g/mol. The van der Waals surface area contributed by atoms with E-state index in [1.807, 2.05) is 24.3 Å². The van der Waals surface area contributed by atoms with E-state index in [2.05, 4.69) is 16.0 Å². The summed E-state index contributed by atoms with van der Waals surface area (Å²) in [4.78, 5) is 32.7. The van der Waals surface area contributed by atoms with Gasteiger partial charge in [-0.2, -0.15) is 4.99 Å². The van der Waals surface area contributed by atoms with Crippen LogP contribution in [0, 0.1) is 5.82 Å². The summed E-state index contributed by atoms with van der Waals surface area (Å²) in [6, 6.07) is 5.42. The fourth-order valence-electron chi connectivity index (χ4n) is 3.79. The molecule has 6 heteroatoms. The second-order valence-electron chi connectivity index (χ2n) is 7.16. The summed E-state index contributed by atoms with van der Waals surface area (Å²) >= 11 is 0. The van der Waals surface area contributed by atoms with Crippen molar-refractivity contribution in [3.8, 4) is 0 Å². The molecule has 0 N–H and O–H groups in total. The molecule has 0 saturated heterocycles. The van der Waals surface area contributed by atoms with Gasteiger partial charge in [0.05, 0.1) is 11.8 Å². The maximum atomic E-state index is 12.9. The number of carbonyl (C=O) groups is 2. The van der Waals surface area contributed by atoms with Gasteiger partial charge in [0, 0.05) is 37.2 Å². The Hall–Kier alpha value is -2.86. The van der Waals surface area contributed by atoms with Gasteiger partial charge < -0.3 is 0 Å². The quantitative estimate of drug-likeness (QED) is 0.708. The van der Waals surface area contributed by atoms with E-state index in [1.54, 1.807) is 4.90 Å². The smallest absolute Gasteiger partial charge is 0.299 e. The first-order valence-electron chi connectivity index (χ1n) is 9.58. The highest BCUT2D eigenvalue weighted by Crippen LogP contribution is 2.26. The number of fused-ring (bicyclic) bond motifs is 1. The molecule has 1 aromatic rings. The van der Waals surface area contributed by atoms with E-state index in [0.717, 1.165) is 43.9 Å². The van der Waals surface area contributed by atoms with Crippen molar-refractivity contribution >= 4 is 17.5 Å². The van der Waals surface area contributed by atoms with Crippen molar-refractivity contribution < 1.29 is 14.0 Å². The molecule has 5 nitrogen and oxygen atoms in total. The molecule has 144 valence electrons. The number of carbonyl (C=O) groups excluding carboxylic acids is 2. The lowest BCUT2D eigenvalue weighted by Gasteiger charge is -2.32. The Morgan fingerprint density at radius 1 is 1.21 bits per heavy atom. The predicted molar refractivity (Wildman–Crippen MR) is 106 cm³/mol. The second-order valence-corrected chi connectivity index (χ2v) is 7.16. The Morgan fingerprint density at radius 2 is 2.04 bits per heavy atom. The molecule has 1 aromatic carbocycles. The molecule has 0 bridgehead atoms. The Labute approximate surface area is 163 Å². The largest absolute Gasteiger partial charge is 0.348 e. The van der Waals surface area contributed by atoms with Gasteiger partial charge in [0.25, 0.3) is 0 Å². The number of halogens is 1. The number of ketones is 1. The van der Waals surface area contributed by atoms with Crippen LogP contribution in [0.5, 0.6) is 0 Å². The summed E-state index contributed by atoms with van der Waals surface area (Å²) in [7, 11) is 0.